The fourth-order valence-electron chi connectivity index (χ4n) is 10.0. The number of benzene rings is 5. The van der Waals surface area contributed by atoms with Gasteiger partial charge >= 0.3 is 6.09 Å². The highest BCUT2D eigenvalue weighted by molar-refractivity contribution is 8.00. The molecule has 502 valence electrons. The molecule has 5 atom stereocenters. The lowest BCUT2D eigenvalue weighted by Crippen LogP contribution is -2.59. The van der Waals surface area contributed by atoms with Crippen LogP contribution in [0.1, 0.15) is 123 Å². The van der Waals surface area contributed by atoms with Gasteiger partial charge in [0.25, 0.3) is 11.8 Å². The van der Waals surface area contributed by atoms with Gasteiger partial charge in [-0.25, -0.2) is 4.79 Å². The molecule has 22 nitrogen and oxygen atoms in total. The van der Waals surface area contributed by atoms with E-state index in [0.29, 0.717) is 29.0 Å². The van der Waals surface area contributed by atoms with Crippen LogP contribution >= 0.6 is 11.8 Å². The highest BCUT2D eigenvalue weighted by Crippen LogP contribution is 2.48. The predicted octanol–water partition coefficient (Wildman–Crippen LogP) is 6.61. The molecular formula is C71H89N9O13S. The summed E-state index contributed by atoms with van der Waals surface area (Å²) in [6.07, 6.45) is 1.63. The first-order chi connectivity index (χ1) is 44.4. The number of nitrogens with zero attached hydrogens (tertiary/aromatic N) is 1. The van der Waals surface area contributed by atoms with Crippen LogP contribution in [0.4, 0.5) is 4.79 Å². The summed E-state index contributed by atoms with van der Waals surface area (Å²) < 4.78 is 16.7. The zero-order chi connectivity index (χ0) is 68.8. The molecule has 0 unspecified atom stereocenters. The number of rotatable bonds is 32. The Morgan fingerprint density at radius 2 is 0.936 bits per heavy atom. The van der Waals surface area contributed by atoms with E-state index in [4.69, 9.17) is 19.9 Å². The summed E-state index contributed by atoms with van der Waals surface area (Å²) in [5.74, 6) is -5.12. The second kappa shape index (κ2) is 33.9. The second-order valence-corrected chi connectivity index (χ2v) is 27.0. The minimum atomic E-state index is -1.40. The number of alkyl carbamates (subject to hydrolysis) is 1. The van der Waals surface area contributed by atoms with Gasteiger partial charge < -0.3 is 57.2 Å². The van der Waals surface area contributed by atoms with Crippen molar-refractivity contribution >= 4 is 71.0 Å². The minimum Gasteiger partial charge on any atom is -0.488 e. The summed E-state index contributed by atoms with van der Waals surface area (Å²) >= 11 is 1.38. The van der Waals surface area contributed by atoms with Gasteiger partial charge in [-0.1, -0.05) is 115 Å². The standard InChI is InChI=1S/C71H89N9O13S/c1-46(75-65(88)55(42-47-29-33-52(34-30-47)91-68(2,3)4)77-64(87)54(79-67(90)93-70(8,9)10)28-20-21-40-73-59(82)39-41-80-60(83)37-38-61(80)84)62(85)76-56(43-48-31-35-53(36-32-48)92-69(5,6)7)66(89)78-57(63(86)74-44-58(72)81)45-94-71(49-22-14-11-15-23-49,50-24-16-12-17-25-50)51-26-18-13-19-27-51/h11-19,22-27,29-38,46,54-57H,20-21,28,39-45H2,1-10H3,(H2,72,81)(H,73,82)(H,74,86)(H,75,88)(H,76,85)(H,77,87)(H,78,89)(H,79,90)/t46-,54-,55-,56-,57-/m0/s1. The van der Waals surface area contributed by atoms with E-state index < -0.39 is 118 Å². The number of nitrogens with two attached hydrogens (primary N) is 1. The van der Waals surface area contributed by atoms with Gasteiger partial charge in [-0.3, -0.25) is 48.1 Å². The second-order valence-electron chi connectivity index (χ2n) is 25.8. The summed E-state index contributed by atoms with van der Waals surface area (Å²) in [5, 5.41) is 19.1. The highest BCUT2D eigenvalue weighted by Gasteiger charge is 2.40. The Morgan fingerprint density at radius 3 is 1.38 bits per heavy atom. The number of amides is 10. The molecule has 5 aromatic rings. The van der Waals surface area contributed by atoms with Crippen LogP contribution in [0.5, 0.6) is 11.5 Å². The van der Waals surface area contributed by atoms with Crippen molar-refractivity contribution in [3.05, 3.63) is 179 Å². The number of primary amides is 1. The molecule has 6 rings (SSSR count). The van der Waals surface area contributed by atoms with E-state index >= 15 is 4.79 Å². The number of hydrogen-bond donors (Lipinski definition) is 8. The SMILES string of the molecule is C[C@H](NC(=O)[C@H](Cc1ccc(OC(C)(C)C)cc1)NC(=O)[C@H](CCCCNC(=O)CCN1C(=O)C=CC1=O)NC(=O)OC(C)(C)C)C(=O)N[C@@H](Cc1ccc(OC(C)(C)C)cc1)C(=O)N[C@@H](CSC(c1ccccc1)(c1ccccc1)c1ccccc1)C(=O)NCC(N)=O. The molecule has 5 aromatic carbocycles. The third-order valence-electron chi connectivity index (χ3n) is 14.4. The van der Waals surface area contributed by atoms with Gasteiger partial charge in [0.15, 0.2) is 0 Å². The van der Waals surface area contributed by atoms with Gasteiger partial charge in [0, 0.05) is 50.3 Å². The van der Waals surface area contributed by atoms with Crippen molar-refractivity contribution in [3.63, 3.8) is 0 Å². The molecule has 0 bridgehead atoms. The molecule has 10 amide bonds. The molecule has 0 radical (unpaired) electrons. The number of carbonyl (C=O) groups is 10. The van der Waals surface area contributed by atoms with Gasteiger partial charge in [0.05, 0.1) is 11.3 Å². The molecular weight excluding hydrogens is 1220 g/mol. The van der Waals surface area contributed by atoms with Crippen molar-refractivity contribution in [2.75, 3.05) is 25.4 Å². The minimum absolute atomic E-state index is 0.0193. The first kappa shape index (κ1) is 73.5. The van der Waals surface area contributed by atoms with E-state index in [1.54, 1.807) is 69.3 Å². The van der Waals surface area contributed by atoms with Crippen LogP contribution in [0.15, 0.2) is 152 Å². The number of carbonyl (C=O) groups excluding carboxylic acids is 10. The first-order valence-corrected chi connectivity index (χ1v) is 32.3. The van der Waals surface area contributed by atoms with E-state index in [1.807, 2.05) is 133 Å². The van der Waals surface area contributed by atoms with Gasteiger partial charge in [-0.15, -0.1) is 11.8 Å². The van der Waals surface area contributed by atoms with E-state index in [9.17, 15) is 43.2 Å². The summed E-state index contributed by atoms with van der Waals surface area (Å²) in [5.41, 5.74) is 7.31. The monoisotopic (exact) mass is 1310 g/mol. The Bertz CT molecular complexity index is 3330. The topological polar surface area (TPSA) is 312 Å². The van der Waals surface area contributed by atoms with E-state index in [1.165, 1.54) is 18.7 Å². The fraction of sp³-hybridized carbons (Fsp3) is 0.408. The van der Waals surface area contributed by atoms with E-state index in [-0.39, 0.29) is 50.9 Å². The maximum Gasteiger partial charge on any atom is 0.408 e. The number of ether oxygens (including phenoxy) is 3. The van der Waals surface area contributed by atoms with Gasteiger partial charge in [0.1, 0.15) is 58.5 Å². The lowest BCUT2D eigenvalue weighted by Gasteiger charge is -2.36. The zero-order valence-electron chi connectivity index (χ0n) is 55.1. The molecule has 23 heteroatoms. The van der Waals surface area contributed by atoms with Crippen molar-refractivity contribution in [2.45, 2.75) is 160 Å². The number of nitrogens with one attached hydrogen (secondary N) is 7. The van der Waals surface area contributed by atoms with Crippen LogP contribution in [0.3, 0.4) is 0 Å². The third-order valence-corrected chi connectivity index (χ3v) is 16.0. The number of imide groups is 1. The Balaban J connectivity index is 1.27. The van der Waals surface area contributed by atoms with Crippen LogP contribution in [-0.4, -0.2) is 137 Å². The predicted molar refractivity (Wildman–Crippen MR) is 359 cm³/mol. The molecule has 0 saturated carbocycles. The van der Waals surface area contributed by atoms with Crippen LogP contribution < -0.4 is 52.4 Å². The molecule has 9 N–H and O–H groups in total. The van der Waals surface area contributed by atoms with Crippen LogP contribution in [0, 0.1) is 0 Å². The maximum absolute atomic E-state index is 15.1. The van der Waals surface area contributed by atoms with Crippen molar-refractivity contribution in [1.29, 1.82) is 0 Å². The largest absolute Gasteiger partial charge is 0.488 e. The molecule has 0 saturated heterocycles. The smallest absolute Gasteiger partial charge is 0.408 e. The Kier molecular flexibility index (Phi) is 26.5. The number of thioether (sulfide) groups is 1. The lowest BCUT2D eigenvalue weighted by molar-refractivity contribution is -0.137. The molecule has 0 fully saturated rings. The summed E-state index contributed by atoms with van der Waals surface area (Å²) in [6, 6.07) is 36.2. The van der Waals surface area contributed by atoms with Crippen LogP contribution in [0.2, 0.25) is 0 Å². The van der Waals surface area contributed by atoms with E-state index in [0.717, 1.165) is 33.7 Å². The molecule has 0 aliphatic carbocycles. The Labute approximate surface area is 554 Å². The quantitative estimate of drug-likeness (QED) is 0.0128. The van der Waals surface area contributed by atoms with Crippen molar-refractivity contribution in [1.82, 2.24) is 42.1 Å². The lowest BCUT2D eigenvalue weighted by atomic mass is 9.84. The summed E-state index contributed by atoms with van der Waals surface area (Å²) in [6.45, 7) is 17.3. The normalized spacial score (nSPS) is 14.0. The van der Waals surface area contributed by atoms with Crippen LogP contribution in [-0.2, 0) is 65.5 Å². The van der Waals surface area contributed by atoms with Crippen molar-refractivity contribution in [2.24, 2.45) is 5.73 Å². The zero-order valence-corrected chi connectivity index (χ0v) is 55.9. The molecule has 1 aliphatic heterocycles. The van der Waals surface area contributed by atoms with Gasteiger partial charge in [0.2, 0.25) is 41.4 Å². The van der Waals surface area contributed by atoms with Crippen molar-refractivity contribution in [3.8, 4) is 11.5 Å². The fourth-order valence-corrected chi connectivity index (χ4v) is 11.6. The molecule has 1 aliphatic rings. The molecule has 1 heterocycles. The average Bonchev–Trinajstić information content (AvgIpc) is 0.839. The highest BCUT2D eigenvalue weighted by atomic mass is 32.2. The first-order valence-electron chi connectivity index (χ1n) is 31.3. The Hall–Kier alpha value is -9.51. The number of hydrogen-bond acceptors (Lipinski definition) is 14. The summed E-state index contributed by atoms with van der Waals surface area (Å²) in [4.78, 5) is 136. The number of unbranched alkanes of at least 4 members (excludes halogenated alkanes) is 1. The average molecular weight is 1310 g/mol. The van der Waals surface area contributed by atoms with Gasteiger partial charge in [-0.05, 0) is 141 Å². The van der Waals surface area contributed by atoms with Crippen molar-refractivity contribution < 1.29 is 62.2 Å². The molecule has 94 heavy (non-hydrogen) atoms. The van der Waals surface area contributed by atoms with E-state index in [2.05, 4.69) is 37.2 Å². The summed E-state index contributed by atoms with van der Waals surface area (Å²) in [7, 11) is 0. The van der Waals surface area contributed by atoms with Crippen LogP contribution in [0.25, 0.3) is 0 Å². The molecule has 0 aromatic heterocycles. The Morgan fingerprint density at radius 1 is 0.500 bits per heavy atom. The maximum atomic E-state index is 15.1. The van der Waals surface area contributed by atoms with Gasteiger partial charge in [-0.2, -0.15) is 0 Å². The third kappa shape index (κ3) is 23.6. The molecule has 0 spiro atoms.